The first-order valence-electron chi connectivity index (χ1n) is 8.48. The summed E-state index contributed by atoms with van der Waals surface area (Å²) in [7, 11) is 0. The lowest BCUT2D eigenvalue weighted by molar-refractivity contribution is -0.996. The molecule has 2 unspecified atom stereocenters. The maximum absolute atomic E-state index is 12.1. The SMILES string of the molecule is CCOC(=O)C(C[C@@H](C)C(=O)OCC)=NNc1ccc([NH+]([O-])O)cc1[NH+]([O-])O. The second-order valence-corrected chi connectivity index (χ2v) is 5.62. The number of anilines is 1. The summed E-state index contributed by atoms with van der Waals surface area (Å²) in [6.45, 7) is 5.08. The first-order chi connectivity index (χ1) is 13.2. The van der Waals surface area contributed by atoms with Gasteiger partial charge in [0.25, 0.3) is 0 Å². The fourth-order valence-electron chi connectivity index (χ4n) is 2.13. The van der Waals surface area contributed by atoms with Gasteiger partial charge in [0, 0.05) is 12.5 Å². The highest BCUT2D eigenvalue weighted by Crippen LogP contribution is 2.21. The fraction of sp³-hybridized carbons (Fsp3) is 0.438. The molecule has 0 aliphatic heterocycles. The highest BCUT2D eigenvalue weighted by molar-refractivity contribution is 6.36. The number of nitrogens with one attached hydrogen (secondary N) is 3. The molecule has 156 valence electrons. The topological polar surface area (TPSA) is 172 Å². The molecule has 1 aromatic rings. The fourth-order valence-corrected chi connectivity index (χ4v) is 2.13. The minimum absolute atomic E-state index is 0.0249. The lowest BCUT2D eigenvalue weighted by atomic mass is 10.0. The van der Waals surface area contributed by atoms with Crippen LogP contribution in [0.2, 0.25) is 0 Å². The largest absolute Gasteiger partial charge is 0.595 e. The van der Waals surface area contributed by atoms with E-state index in [0.717, 1.165) is 6.07 Å². The molecule has 0 aliphatic carbocycles. The van der Waals surface area contributed by atoms with Crippen LogP contribution in [0.1, 0.15) is 27.2 Å². The average molecular weight is 400 g/mol. The molecule has 1 rings (SSSR count). The van der Waals surface area contributed by atoms with Gasteiger partial charge in [-0.05, 0) is 19.9 Å². The van der Waals surface area contributed by atoms with E-state index in [1.165, 1.54) is 12.1 Å². The van der Waals surface area contributed by atoms with E-state index in [9.17, 15) is 25.2 Å². The zero-order valence-corrected chi connectivity index (χ0v) is 15.7. The Hall–Kier alpha value is -2.61. The van der Waals surface area contributed by atoms with Gasteiger partial charge >= 0.3 is 11.9 Å². The van der Waals surface area contributed by atoms with Crippen molar-refractivity contribution in [1.29, 1.82) is 0 Å². The molecule has 0 saturated heterocycles. The van der Waals surface area contributed by atoms with Gasteiger partial charge in [0.15, 0.2) is 11.4 Å². The van der Waals surface area contributed by atoms with Gasteiger partial charge in [0.05, 0.1) is 25.2 Å². The Morgan fingerprint density at radius 2 is 1.82 bits per heavy atom. The van der Waals surface area contributed by atoms with E-state index >= 15 is 0 Å². The first-order valence-corrected chi connectivity index (χ1v) is 8.48. The van der Waals surface area contributed by atoms with Crippen LogP contribution in [0.5, 0.6) is 0 Å². The summed E-state index contributed by atoms with van der Waals surface area (Å²) < 4.78 is 9.80. The van der Waals surface area contributed by atoms with Gasteiger partial charge in [-0.25, -0.2) is 15.2 Å². The molecule has 0 heterocycles. The van der Waals surface area contributed by atoms with Crippen molar-refractivity contribution in [3.05, 3.63) is 28.6 Å². The number of hydrazone groups is 1. The van der Waals surface area contributed by atoms with Crippen LogP contribution in [0, 0.1) is 16.3 Å². The molecule has 12 nitrogen and oxygen atoms in total. The average Bonchev–Trinajstić information content (AvgIpc) is 2.64. The van der Waals surface area contributed by atoms with E-state index in [1.807, 2.05) is 0 Å². The lowest BCUT2D eigenvalue weighted by Gasteiger charge is -2.18. The molecule has 0 aliphatic rings. The molecule has 1 aromatic carbocycles. The second kappa shape index (κ2) is 11.3. The van der Waals surface area contributed by atoms with Gasteiger partial charge < -0.3 is 19.9 Å². The Balaban J connectivity index is 3.12. The number of carbonyl (C=O) groups is 2. The van der Waals surface area contributed by atoms with Crippen molar-refractivity contribution >= 4 is 34.7 Å². The van der Waals surface area contributed by atoms with E-state index in [0.29, 0.717) is 0 Å². The van der Waals surface area contributed by atoms with E-state index in [1.54, 1.807) is 20.8 Å². The summed E-state index contributed by atoms with van der Waals surface area (Å²) in [5.41, 5.74) is 1.72. The second-order valence-electron chi connectivity index (χ2n) is 5.62. The predicted molar refractivity (Wildman–Crippen MR) is 96.1 cm³/mol. The van der Waals surface area contributed by atoms with Crippen LogP contribution >= 0.6 is 0 Å². The van der Waals surface area contributed by atoms with E-state index in [-0.39, 0.29) is 42.4 Å². The smallest absolute Gasteiger partial charge is 0.354 e. The van der Waals surface area contributed by atoms with Gasteiger partial charge in [-0.3, -0.25) is 10.2 Å². The van der Waals surface area contributed by atoms with Crippen molar-refractivity contribution in [2.45, 2.75) is 27.2 Å². The molecule has 0 spiro atoms. The predicted octanol–water partition coefficient (Wildman–Crippen LogP) is -0.586. The van der Waals surface area contributed by atoms with Crippen molar-refractivity contribution in [1.82, 2.24) is 0 Å². The summed E-state index contributed by atoms with van der Waals surface area (Å²) in [4.78, 5) is 23.9. The summed E-state index contributed by atoms with van der Waals surface area (Å²) in [6.07, 6.45) is -0.0969. The normalized spacial score (nSPS) is 14.8. The number of ether oxygens (including phenoxy) is 2. The highest BCUT2D eigenvalue weighted by atomic mass is 16.8. The van der Waals surface area contributed by atoms with E-state index in [4.69, 9.17) is 14.7 Å². The third kappa shape index (κ3) is 6.84. The monoisotopic (exact) mass is 400 g/mol. The molecule has 0 bridgehead atoms. The molecule has 0 amide bonds. The Labute approximate surface area is 161 Å². The summed E-state index contributed by atoms with van der Waals surface area (Å²) in [5, 5.41) is 41.9. The molecular weight excluding hydrogens is 376 g/mol. The van der Waals surface area contributed by atoms with Crippen LogP contribution in [0.4, 0.5) is 17.1 Å². The number of quaternary nitrogens is 2. The lowest BCUT2D eigenvalue weighted by Crippen LogP contribution is -3.00. The molecule has 12 heteroatoms. The standard InChI is InChI=1S/C16H24N4O8/c1-4-27-15(21)10(3)8-13(16(22)28-5-2)18-17-12-7-6-11(19(23)24)9-14(12)20(25)26/h6-7,9-10,17,19-20,23,25H,4-5,8H2,1-3H3/t10-/m1/s1. The maximum atomic E-state index is 12.1. The van der Waals surface area contributed by atoms with Crippen LogP contribution in [0.25, 0.3) is 0 Å². The van der Waals surface area contributed by atoms with Crippen molar-refractivity contribution in [3.63, 3.8) is 0 Å². The number of hydrogen-bond acceptors (Lipinski definition) is 10. The zero-order chi connectivity index (χ0) is 21.3. The molecule has 0 fully saturated rings. The minimum Gasteiger partial charge on any atom is -0.595 e. The van der Waals surface area contributed by atoms with Gasteiger partial charge in [-0.2, -0.15) is 15.6 Å². The number of nitrogens with zero attached hydrogens (tertiary/aromatic N) is 1. The zero-order valence-electron chi connectivity index (χ0n) is 15.7. The van der Waals surface area contributed by atoms with Crippen LogP contribution in [-0.2, 0) is 19.1 Å². The maximum Gasteiger partial charge on any atom is 0.354 e. The summed E-state index contributed by atoms with van der Waals surface area (Å²) in [5.74, 6) is -1.97. The molecule has 0 saturated carbocycles. The number of benzene rings is 1. The molecule has 5 N–H and O–H groups in total. The summed E-state index contributed by atoms with van der Waals surface area (Å²) in [6, 6.07) is 3.37. The van der Waals surface area contributed by atoms with E-state index < -0.39 is 28.3 Å². The van der Waals surface area contributed by atoms with Gasteiger partial charge in [0.2, 0.25) is 0 Å². The number of esters is 2. The Morgan fingerprint density at radius 1 is 1.18 bits per heavy atom. The van der Waals surface area contributed by atoms with Crippen LogP contribution in [0.15, 0.2) is 23.3 Å². The number of hydrogen-bond donors (Lipinski definition) is 5. The van der Waals surface area contributed by atoms with Crippen molar-refractivity contribution in [2.24, 2.45) is 11.0 Å². The van der Waals surface area contributed by atoms with Crippen molar-refractivity contribution < 1.29 is 39.9 Å². The Morgan fingerprint density at radius 3 is 2.36 bits per heavy atom. The van der Waals surface area contributed by atoms with Gasteiger partial charge in [0.1, 0.15) is 11.4 Å². The molecule has 0 radical (unpaired) electrons. The molecule has 0 aromatic heterocycles. The third-order valence-electron chi connectivity index (χ3n) is 3.51. The first kappa shape index (κ1) is 23.4. The van der Waals surface area contributed by atoms with E-state index in [2.05, 4.69) is 10.5 Å². The van der Waals surface area contributed by atoms with Crippen molar-refractivity contribution in [2.75, 3.05) is 18.6 Å². The minimum atomic E-state index is -1.38. The highest BCUT2D eigenvalue weighted by Gasteiger charge is 2.23. The molecule has 3 atom stereocenters. The Kier molecular flexibility index (Phi) is 9.44. The molecular formula is C16H24N4O8. The van der Waals surface area contributed by atoms with Gasteiger partial charge in [-0.1, -0.05) is 6.92 Å². The Bertz CT molecular complexity index is 708. The molecule has 28 heavy (non-hydrogen) atoms. The van der Waals surface area contributed by atoms with Crippen LogP contribution in [0.3, 0.4) is 0 Å². The quantitative estimate of drug-likeness (QED) is 0.195. The number of carbonyl (C=O) groups excluding carboxylic acids is 2. The van der Waals surface area contributed by atoms with Crippen LogP contribution < -0.4 is 15.9 Å². The van der Waals surface area contributed by atoms with Gasteiger partial charge in [-0.15, -0.1) is 0 Å². The van der Waals surface area contributed by atoms with Crippen LogP contribution in [-0.4, -0.2) is 41.3 Å². The number of rotatable bonds is 10. The third-order valence-corrected chi connectivity index (χ3v) is 3.51. The van der Waals surface area contributed by atoms with Crippen molar-refractivity contribution in [3.8, 4) is 0 Å². The summed E-state index contributed by atoms with van der Waals surface area (Å²) >= 11 is 0.